The summed E-state index contributed by atoms with van der Waals surface area (Å²) >= 11 is 7.13. The van der Waals surface area contributed by atoms with Crippen molar-refractivity contribution >= 4 is 57.3 Å². The van der Waals surface area contributed by atoms with E-state index in [1.165, 1.54) is 19.2 Å². The van der Waals surface area contributed by atoms with Crippen molar-refractivity contribution in [1.82, 2.24) is 4.90 Å². The highest BCUT2D eigenvalue weighted by Gasteiger charge is 2.36. The summed E-state index contributed by atoms with van der Waals surface area (Å²) in [7, 11) is 1.24. The van der Waals surface area contributed by atoms with E-state index in [1.54, 1.807) is 12.1 Å². The first kappa shape index (κ1) is 24.7. The van der Waals surface area contributed by atoms with Crippen LogP contribution in [0.5, 0.6) is 5.75 Å². The summed E-state index contributed by atoms with van der Waals surface area (Å²) in [5.74, 6) is -0.260. The lowest BCUT2D eigenvalue weighted by Gasteiger charge is -2.13. The molecule has 0 unspecified atom stereocenters. The fourth-order valence-corrected chi connectivity index (χ4v) is 4.93. The SMILES string of the molecule is COC(=O)c1ccc(CN2C(=O)S/C(=C/c3c(OCc4ccccc4Cl)ccc4ccccc34)C2=O)o1. The lowest BCUT2D eigenvalue weighted by molar-refractivity contribution is -0.123. The highest BCUT2D eigenvalue weighted by molar-refractivity contribution is 8.18. The zero-order valence-corrected chi connectivity index (χ0v) is 21.2. The van der Waals surface area contributed by atoms with E-state index in [0.29, 0.717) is 16.3 Å². The van der Waals surface area contributed by atoms with Crippen molar-refractivity contribution in [1.29, 1.82) is 0 Å². The maximum Gasteiger partial charge on any atom is 0.373 e. The van der Waals surface area contributed by atoms with Gasteiger partial charge in [0.2, 0.25) is 5.76 Å². The Morgan fingerprint density at radius 1 is 1.03 bits per heavy atom. The number of carbonyl (C=O) groups excluding carboxylic acids is 3. The number of rotatable bonds is 7. The number of thioether (sulfide) groups is 1. The predicted octanol–water partition coefficient (Wildman–Crippen LogP) is 6.69. The standard InChI is InChI=1S/C28H20ClNO6S/c1-34-27(32)24-13-11-19(36-24)15-30-26(31)25(37-28(30)33)14-21-20-8-4-2-6-17(20)10-12-23(21)35-16-18-7-3-5-9-22(18)29/h2-14H,15-16H2,1H3/b25-14+. The molecule has 0 spiro atoms. The lowest BCUT2D eigenvalue weighted by Crippen LogP contribution is -2.27. The van der Waals surface area contributed by atoms with Gasteiger partial charge in [-0.2, -0.15) is 0 Å². The zero-order chi connectivity index (χ0) is 25.9. The number of hydrogen-bond donors (Lipinski definition) is 0. The van der Waals surface area contributed by atoms with Crippen LogP contribution in [0.2, 0.25) is 5.02 Å². The summed E-state index contributed by atoms with van der Waals surface area (Å²) in [6.07, 6.45) is 1.68. The number of carbonyl (C=O) groups is 3. The van der Waals surface area contributed by atoms with Crippen LogP contribution in [0.3, 0.4) is 0 Å². The smallest absolute Gasteiger partial charge is 0.373 e. The van der Waals surface area contributed by atoms with Gasteiger partial charge in [0.15, 0.2) is 0 Å². The number of ether oxygens (including phenoxy) is 2. The van der Waals surface area contributed by atoms with Gasteiger partial charge in [-0.25, -0.2) is 4.79 Å². The number of amides is 2. The molecule has 1 aromatic heterocycles. The van der Waals surface area contributed by atoms with Crippen LogP contribution >= 0.6 is 23.4 Å². The Labute approximate surface area is 221 Å². The Bertz CT molecular complexity index is 1560. The number of benzene rings is 3. The summed E-state index contributed by atoms with van der Waals surface area (Å²) < 4.78 is 16.2. The number of furan rings is 1. The average molecular weight is 534 g/mol. The van der Waals surface area contributed by atoms with Gasteiger partial charge >= 0.3 is 5.97 Å². The molecule has 1 saturated heterocycles. The second-order valence-electron chi connectivity index (χ2n) is 8.10. The van der Waals surface area contributed by atoms with E-state index in [9.17, 15) is 14.4 Å². The van der Waals surface area contributed by atoms with Crippen molar-refractivity contribution in [3.05, 3.63) is 105 Å². The summed E-state index contributed by atoms with van der Waals surface area (Å²) in [4.78, 5) is 38.9. The quantitative estimate of drug-likeness (QED) is 0.193. The molecule has 0 radical (unpaired) electrons. The molecule has 0 atom stereocenters. The Morgan fingerprint density at radius 3 is 2.62 bits per heavy atom. The molecule has 9 heteroatoms. The van der Waals surface area contributed by atoms with E-state index in [-0.39, 0.29) is 29.6 Å². The van der Waals surface area contributed by atoms with Gasteiger partial charge < -0.3 is 13.9 Å². The summed E-state index contributed by atoms with van der Waals surface area (Å²) in [5.41, 5.74) is 1.51. The number of hydrogen-bond acceptors (Lipinski definition) is 7. The first-order valence-corrected chi connectivity index (χ1v) is 12.4. The Hall–Kier alpha value is -4.01. The van der Waals surface area contributed by atoms with E-state index < -0.39 is 17.1 Å². The van der Waals surface area contributed by atoms with E-state index in [1.807, 2.05) is 54.6 Å². The average Bonchev–Trinajstić information content (AvgIpc) is 3.49. The molecule has 0 aliphatic carbocycles. The van der Waals surface area contributed by atoms with Gasteiger partial charge in [-0.15, -0.1) is 0 Å². The third-order valence-electron chi connectivity index (χ3n) is 5.78. The zero-order valence-electron chi connectivity index (χ0n) is 19.6. The topological polar surface area (TPSA) is 86.0 Å². The van der Waals surface area contributed by atoms with Crippen LogP contribution in [0.15, 0.2) is 82.1 Å². The Balaban J connectivity index is 1.45. The Kier molecular flexibility index (Phi) is 7.03. The molecule has 2 heterocycles. The molecule has 0 saturated carbocycles. The van der Waals surface area contributed by atoms with Crippen molar-refractivity contribution in [2.45, 2.75) is 13.2 Å². The van der Waals surface area contributed by atoms with Crippen LogP contribution in [0.1, 0.15) is 27.4 Å². The molecule has 1 aliphatic rings. The summed E-state index contributed by atoms with van der Waals surface area (Å²) in [6, 6.07) is 21.9. The number of nitrogens with zero attached hydrogens (tertiary/aromatic N) is 1. The van der Waals surface area contributed by atoms with Gasteiger partial charge in [0.05, 0.1) is 18.6 Å². The van der Waals surface area contributed by atoms with Gasteiger partial charge in [0.1, 0.15) is 18.1 Å². The molecule has 3 aromatic carbocycles. The minimum Gasteiger partial charge on any atom is -0.488 e. The number of halogens is 1. The van der Waals surface area contributed by atoms with Crippen LogP contribution in [-0.4, -0.2) is 29.1 Å². The number of fused-ring (bicyclic) bond motifs is 1. The first-order valence-electron chi connectivity index (χ1n) is 11.2. The minimum absolute atomic E-state index is 0.00363. The highest BCUT2D eigenvalue weighted by atomic mass is 35.5. The maximum absolute atomic E-state index is 13.2. The highest BCUT2D eigenvalue weighted by Crippen LogP contribution is 2.38. The van der Waals surface area contributed by atoms with E-state index >= 15 is 0 Å². The van der Waals surface area contributed by atoms with Crippen molar-refractivity contribution in [2.24, 2.45) is 0 Å². The second-order valence-corrected chi connectivity index (χ2v) is 9.50. The van der Waals surface area contributed by atoms with Crippen molar-refractivity contribution in [3.63, 3.8) is 0 Å². The fraction of sp³-hybridized carbons (Fsp3) is 0.107. The van der Waals surface area contributed by atoms with Crippen molar-refractivity contribution in [3.8, 4) is 5.75 Å². The van der Waals surface area contributed by atoms with Gasteiger partial charge in [-0.1, -0.05) is 60.1 Å². The summed E-state index contributed by atoms with van der Waals surface area (Å²) in [6.45, 7) is 0.131. The number of methoxy groups -OCH3 is 1. The van der Waals surface area contributed by atoms with Crippen LogP contribution in [0, 0.1) is 0 Å². The number of imide groups is 1. The molecule has 186 valence electrons. The van der Waals surface area contributed by atoms with Crippen LogP contribution in [-0.2, 0) is 22.7 Å². The molecule has 4 aromatic rings. The van der Waals surface area contributed by atoms with E-state index in [4.69, 9.17) is 20.8 Å². The molecule has 5 rings (SSSR count). The third-order valence-corrected chi connectivity index (χ3v) is 7.06. The maximum atomic E-state index is 13.2. The molecule has 7 nitrogen and oxygen atoms in total. The van der Waals surface area contributed by atoms with E-state index in [0.717, 1.165) is 33.0 Å². The van der Waals surface area contributed by atoms with Gasteiger partial charge in [-0.3, -0.25) is 14.5 Å². The fourth-order valence-electron chi connectivity index (χ4n) is 3.92. The van der Waals surface area contributed by atoms with Crippen LogP contribution in [0.4, 0.5) is 4.79 Å². The van der Waals surface area contributed by atoms with Gasteiger partial charge in [0.25, 0.3) is 11.1 Å². The van der Waals surface area contributed by atoms with Gasteiger partial charge in [0, 0.05) is 16.1 Å². The molecule has 1 aliphatic heterocycles. The first-order chi connectivity index (χ1) is 17.9. The molecular weight excluding hydrogens is 514 g/mol. The molecule has 0 bridgehead atoms. The normalized spacial score (nSPS) is 14.5. The molecule has 2 amide bonds. The molecule has 1 fully saturated rings. The van der Waals surface area contributed by atoms with E-state index in [2.05, 4.69) is 4.74 Å². The monoisotopic (exact) mass is 533 g/mol. The van der Waals surface area contributed by atoms with Crippen molar-refractivity contribution < 1.29 is 28.3 Å². The molecule has 37 heavy (non-hydrogen) atoms. The third kappa shape index (κ3) is 5.12. The predicted molar refractivity (Wildman–Crippen MR) is 141 cm³/mol. The Morgan fingerprint density at radius 2 is 1.81 bits per heavy atom. The molecule has 0 N–H and O–H groups in total. The second kappa shape index (κ2) is 10.5. The van der Waals surface area contributed by atoms with Crippen LogP contribution in [0.25, 0.3) is 16.8 Å². The lowest BCUT2D eigenvalue weighted by atomic mass is 10.0. The largest absolute Gasteiger partial charge is 0.488 e. The van der Waals surface area contributed by atoms with Crippen LogP contribution < -0.4 is 4.74 Å². The molecular formula is C28H20ClNO6S. The summed E-state index contributed by atoms with van der Waals surface area (Å²) in [5, 5.41) is 1.99. The minimum atomic E-state index is -0.638. The number of esters is 1. The van der Waals surface area contributed by atoms with Crippen molar-refractivity contribution in [2.75, 3.05) is 7.11 Å². The van der Waals surface area contributed by atoms with Gasteiger partial charge in [-0.05, 0) is 52.9 Å².